The Morgan fingerprint density at radius 2 is 2.23 bits per heavy atom. The van der Waals surface area contributed by atoms with E-state index in [1.54, 1.807) is 17.9 Å². The minimum atomic E-state index is -0.303. The van der Waals surface area contributed by atoms with E-state index in [1.807, 2.05) is 13.0 Å². The van der Waals surface area contributed by atoms with Crippen LogP contribution in [0.5, 0.6) is 5.88 Å². The number of hydrogen-bond acceptors (Lipinski definition) is 5. The molecule has 0 saturated heterocycles. The molecule has 0 saturated carbocycles. The molecule has 0 aromatic carbocycles. The maximum absolute atomic E-state index is 12.2. The fraction of sp³-hybridized carbons (Fsp3) is 0.231. The van der Waals surface area contributed by atoms with E-state index in [0.717, 1.165) is 3.57 Å². The SMILES string of the molecule is CCOc1ncc(I)cc1-c1nc2c(Br)n(C)nc2c(=O)[nH]1. The van der Waals surface area contributed by atoms with E-state index in [0.29, 0.717) is 34.0 Å². The van der Waals surface area contributed by atoms with Crippen molar-refractivity contribution in [2.24, 2.45) is 7.05 Å². The molecule has 0 radical (unpaired) electrons. The van der Waals surface area contributed by atoms with Crippen LogP contribution >= 0.6 is 38.5 Å². The summed E-state index contributed by atoms with van der Waals surface area (Å²) in [5, 5.41) is 4.14. The molecule has 0 aliphatic rings. The van der Waals surface area contributed by atoms with Crippen LogP contribution in [0.4, 0.5) is 0 Å². The van der Waals surface area contributed by atoms with Crippen molar-refractivity contribution >= 4 is 49.6 Å². The van der Waals surface area contributed by atoms with E-state index in [2.05, 4.69) is 58.6 Å². The van der Waals surface area contributed by atoms with E-state index in [-0.39, 0.29) is 11.1 Å². The third-order valence-electron chi connectivity index (χ3n) is 2.98. The molecule has 0 aliphatic carbocycles. The van der Waals surface area contributed by atoms with E-state index in [9.17, 15) is 4.79 Å². The summed E-state index contributed by atoms with van der Waals surface area (Å²) in [6, 6.07) is 1.87. The number of rotatable bonds is 3. The van der Waals surface area contributed by atoms with Gasteiger partial charge in [-0.1, -0.05) is 0 Å². The number of aryl methyl sites for hydroxylation is 1. The van der Waals surface area contributed by atoms with Gasteiger partial charge in [0.15, 0.2) is 5.52 Å². The molecule has 0 amide bonds. The van der Waals surface area contributed by atoms with Crippen LogP contribution in [0.1, 0.15) is 6.92 Å². The van der Waals surface area contributed by atoms with Gasteiger partial charge in [0, 0.05) is 16.8 Å². The normalized spacial score (nSPS) is 11.1. The largest absolute Gasteiger partial charge is 0.477 e. The number of fused-ring (bicyclic) bond motifs is 1. The van der Waals surface area contributed by atoms with Crippen LogP contribution in [0, 0.1) is 3.57 Å². The maximum Gasteiger partial charge on any atom is 0.279 e. The summed E-state index contributed by atoms with van der Waals surface area (Å²) < 4.78 is 8.65. The zero-order chi connectivity index (χ0) is 15.9. The number of aromatic nitrogens is 5. The first-order valence-corrected chi connectivity index (χ1v) is 8.29. The molecule has 0 aliphatic heterocycles. The van der Waals surface area contributed by atoms with Crippen molar-refractivity contribution in [3.05, 3.63) is 30.8 Å². The quantitative estimate of drug-likeness (QED) is 0.588. The molecule has 3 rings (SSSR count). The smallest absolute Gasteiger partial charge is 0.279 e. The zero-order valence-corrected chi connectivity index (χ0v) is 15.5. The molecular formula is C13H11BrIN5O2. The molecule has 0 unspecified atom stereocenters. The summed E-state index contributed by atoms with van der Waals surface area (Å²) in [6.45, 7) is 2.35. The monoisotopic (exact) mass is 475 g/mol. The first-order chi connectivity index (χ1) is 10.5. The van der Waals surface area contributed by atoms with Crippen LogP contribution < -0.4 is 10.3 Å². The summed E-state index contributed by atoms with van der Waals surface area (Å²) in [5.41, 5.74) is 1.13. The average molecular weight is 476 g/mol. The van der Waals surface area contributed by atoms with Crippen LogP contribution in [0.15, 0.2) is 21.7 Å². The summed E-state index contributed by atoms with van der Waals surface area (Å²) in [7, 11) is 1.74. The van der Waals surface area contributed by atoms with Gasteiger partial charge in [-0.2, -0.15) is 5.10 Å². The molecule has 0 spiro atoms. The number of nitrogens with zero attached hydrogens (tertiary/aromatic N) is 4. The second-order valence-corrected chi connectivity index (χ2v) is 6.46. The lowest BCUT2D eigenvalue weighted by Crippen LogP contribution is -2.10. The van der Waals surface area contributed by atoms with Gasteiger partial charge in [0.25, 0.3) is 5.56 Å². The standard InChI is InChI=1S/C13H11BrIN5O2/c1-3-22-13-7(4-6(15)5-16-13)11-17-8-9(12(21)18-11)19-20(2)10(8)14/h4-5H,3H2,1-2H3,(H,17,18,21). The summed E-state index contributed by atoms with van der Waals surface area (Å²) in [6.07, 6.45) is 1.70. The first-order valence-electron chi connectivity index (χ1n) is 6.42. The van der Waals surface area contributed by atoms with Crippen molar-refractivity contribution in [2.45, 2.75) is 6.92 Å². The van der Waals surface area contributed by atoms with Crippen molar-refractivity contribution in [3.8, 4) is 17.3 Å². The fourth-order valence-electron chi connectivity index (χ4n) is 2.03. The van der Waals surface area contributed by atoms with Gasteiger partial charge < -0.3 is 9.72 Å². The predicted octanol–water partition coefficient (Wildman–Crippen LogP) is 2.48. The van der Waals surface area contributed by atoms with Gasteiger partial charge in [-0.25, -0.2) is 9.97 Å². The molecular weight excluding hydrogens is 465 g/mol. The highest BCUT2D eigenvalue weighted by Gasteiger charge is 2.17. The third-order valence-corrected chi connectivity index (χ3v) is 4.46. The van der Waals surface area contributed by atoms with Gasteiger partial charge in [-0.05, 0) is 51.5 Å². The highest BCUT2D eigenvalue weighted by Crippen LogP contribution is 2.28. The van der Waals surface area contributed by atoms with Gasteiger partial charge in [-0.3, -0.25) is 9.48 Å². The van der Waals surface area contributed by atoms with Crippen LogP contribution in [-0.2, 0) is 7.05 Å². The number of nitrogens with one attached hydrogen (secondary N) is 1. The minimum absolute atomic E-state index is 0.287. The van der Waals surface area contributed by atoms with E-state index in [1.165, 1.54) is 0 Å². The van der Waals surface area contributed by atoms with Crippen molar-refractivity contribution in [2.75, 3.05) is 6.61 Å². The Labute approximate surface area is 147 Å². The molecule has 1 N–H and O–H groups in total. The topological polar surface area (TPSA) is 85.7 Å². The van der Waals surface area contributed by atoms with Gasteiger partial charge in [0.1, 0.15) is 15.9 Å². The van der Waals surface area contributed by atoms with Crippen LogP contribution in [-0.4, -0.2) is 31.3 Å². The highest BCUT2D eigenvalue weighted by molar-refractivity contribution is 14.1. The molecule has 9 heteroatoms. The Bertz CT molecular complexity index is 921. The van der Waals surface area contributed by atoms with Crippen LogP contribution in [0.25, 0.3) is 22.4 Å². The van der Waals surface area contributed by atoms with Gasteiger partial charge in [0.05, 0.1) is 12.2 Å². The fourth-order valence-corrected chi connectivity index (χ4v) is 2.83. The van der Waals surface area contributed by atoms with E-state index < -0.39 is 0 Å². The Morgan fingerprint density at radius 3 is 2.95 bits per heavy atom. The molecule has 0 fully saturated rings. The van der Waals surface area contributed by atoms with Crippen molar-refractivity contribution in [3.63, 3.8) is 0 Å². The number of H-pyrrole nitrogens is 1. The Kier molecular flexibility index (Phi) is 4.17. The lowest BCUT2D eigenvalue weighted by molar-refractivity contribution is 0.328. The van der Waals surface area contributed by atoms with Crippen LogP contribution in [0.2, 0.25) is 0 Å². The van der Waals surface area contributed by atoms with Crippen LogP contribution in [0.3, 0.4) is 0 Å². The van der Waals surface area contributed by atoms with Crippen molar-refractivity contribution < 1.29 is 4.74 Å². The number of hydrogen-bond donors (Lipinski definition) is 1. The Morgan fingerprint density at radius 1 is 1.45 bits per heavy atom. The lowest BCUT2D eigenvalue weighted by atomic mass is 10.2. The first kappa shape index (κ1) is 15.4. The van der Waals surface area contributed by atoms with Gasteiger partial charge in [0.2, 0.25) is 5.88 Å². The third kappa shape index (κ3) is 2.62. The number of ether oxygens (including phenoxy) is 1. The molecule has 3 aromatic heterocycles. The van der Waals surface area contributed by atoms with Gasteiger partial charge >= 0.3 is 0 Å². The number of pyridine rings is 1. The second-order valence-electron chi connectivity index (χ2n) is 4.47. The zero-order valence-electron chi connectivity index (χ0n) is 11.7. The summed E-state index contributed by atoms with van der Waals surface area (Å²) in [4.78, 5) is 23.7. The molecule has 114 valence electrons. The lowest BCUT2D eigenvalue weighted by Gasteiger charge is -2.08. The molecule has 3 heterocycles. The molecule has 0 atom stereocenters. The number of aromatic amines is 1. The van der Waals surface area contributed by atoms with Gasteiger partial charge in [-0.15, -0.1) is 0 Å². The Hall–Kier alpha value is -1.49. The molecule has 3 aromatic rings. The average Bonchev–Trinajstić information content (AvgIpc) is 2.78. The van der Waals surface area contributed by atoms with Crippen molar-refractivity contribution in [1.29, 1.82) is 0 Å². The molecule has 22 heavy (non-hydrogen) atoms. The Balaban J connectivity index is 2.29. The van der Waals surface area contributed by atoms with E-state index in [4.69, 9.17) is 4.74 Å². The maximum atomic E-state index is 12.2. The number of halogens is 2. The van der Waals surface area contributed by atoms with Crippen molar-refractivity contribution in [1.82, 2.24) is 24.7 Å². The molecule has 7 nitrogen and oxygen atoms in total. The molecule has 0 bridgehead atoms. The predicted molar refractivity (Wildman–Crippen MR) is 93.9 cm³/mol. The summed E-state index contributed by atoms with van der Waals surface area (Å²) in [5.74, 6) is 0.839. The van der Waals surface area contributed by atoms with E-state index >= 15 is 0 Å². The minimum Gasteiger partial charge on any atom is -0.477 e. The second kappa shape index (κ2) is 5.95. The highest BCUT2D eigenvalue weighted by atomic mass is 127. The summed E-state index contributed by atoms with van der Waals surface area (Å²) >= 11 is 5.54.